The van der Waals surface area contributed by atoms with Gasteiger partial charge in [-0.2, -0.15) is 13.2 Å². The Bertz CT molecular complexity index is 650. The molecule has 2 rings (SSSR count). The highest BCUT2D eigenvalue weighted by atomic mass is 35.5. The van der Waals surface area contributed by atoms with E-state index in [0.717, 1.165) is 17.2 Å². The molecule has 5 heteroatoms. The first kappa shape index (κ1) is 15.7. The average Bonchev–Trinajstić information content (AvgIpc) is 2.41. The molecular formula is C16H14ClF3O. The van der Waals surface area contributed by atoms with Gasteiger partial charge in [0.15, 0.2) is 0 Å². The summed E-state index contributed by atoms with van der Waals surface area (Å²) in [5.41, 5.74) is 1.20. The quantitative estimate of drug-likeness (QED) is 0.645. The molecule has 0 aliphatic carbocycles. The SMILES string of the molecule is Cc1ccc(Oc2ccc(CCl)c(C(F)(F)F)c2)c(C)c1. The first-order valence-corrected chi connectivity index (χ1v) is 6.86. The van der Waals surface area contributed by atoms with Gasteiger partial charge >= 0.3 is 6.18 Å². The lowest BCUT2D eigenvalue weighted by molar-refractivity contribution is -0.138. The van der Waals surface area contributed by atoms with Crippen molar-refractivity contribution in [1.29, 1.82) is 0 Å². The van der Waals surface area contributed by atoms with Gasteiger partial charge in [0.1, 0.15) is 11.5 Å². The molecule has 0 aliphatic heterocycles. The topological polar surface area (TPSA) is 9.23 Å². The molecule has 2 aromatic rings. The van der Waals surface area contributed by atoms with E-state index in [1.807, 2.05) is 26.0 Å². The summed E-state index contributed by atoms with van der Waals surface area (Å²) < 4.78 is 44.5. The van der Waals surface area contributed by atoms with Gasteiger partial charge in [0.05, 0.1) is 5.56 Å². The fourth-order valence-electron chi connectivity index (χ4n) is 2.04. The first-order valence-electron chi connectivity index (χ1n) is 6.32. The molecule has 0 spiro atoms. The van der Waals surface area contributed by atoms with Crippen LogP contribution in [0.2, 0.25) is 0 Å². The van der Waals surface area contributed by atoms with Gasteiger partial charge in [-0.25, -0.2) is 0 Å². The van der Waals surface area contributed by atoms with Crippen LogP contribution in [0.3, 0.4) is 0 Å². The second-order valence-corrected chi connectivity index (χ2v) is 5.09. The summed E-state index contributed by atoms with van der Waals surface area (Å²) in [6.07, 6.45) is -4.45. The minimum absolute atomic E-state index is 0.0390. The van der Waals surface area contributed by atoms with Crippen LogP contribution in [-0.4, -0.2) is 0 Å². The van der Waals surface area contributed by atoms with E-state index in [2.05, 4.69) is 0 Å². The van der Waals surface area contributed by atoms with Gasteiger partial charge in [0.2, 0.25) is 0 Å². The molecule has 0 aliphatic rings. The van der Waals surface area contributed by atoms with Gasteiger partial charge in [-0.05, 0) is 43.2 Å². The second kappa shape index (κ2) is 5.98. The van der Waals surface area contributed by atoms with Crippen molar-refractivity contribution in [2.24, 2.45) is 0 Å². The van der Waals surface area contributed by atoms with Crippen LogP contribution >= 0.6 is 11.6 Å². The highest BCUT2D eigenvalue weighted by Gasteiger charge is 2.33. The number of rotatable bonds is 3. The fraction of sp³-hybridized carbons (Fsp3) is 0.250. The molecule has 0 amide bonds. The largest absolute Gasteiger partial charge is 0.457 e. The maximum atomic E-state index is 13.0. The lowest BCUT2D eigenvalue weighted by Gasteiger charge is -2.14. The Hall–Kier alpha value is -1.68. The number of hydrogen-bond donors (Lipinski definition) is 0. The Morgan fingerprint density at radius 2 is 1.76 bits per heavy atom. The number of aryl methyl sites for hydroxylation is 2. The third kappa shape index (κ3) is 3.70. The standard InChI is InChI=1S/C16H14ClF3O/c1-10-3-6-15(11(2)7-10)21-13-5-4-12(9-17)14(8-13)16(18,19)20/h3-8H,9H2,1-2H3. The Morgan fingerprint density at radius 3 is 2.33 bits per heavy atom. The van der Waals surface area contributed by atoms with Crippen LogP contribution in [0.5, 0.6) is 11.5 Å². The summed E-state index contributed by atoms with van der Waals surface area (Å²) in [6.45, 7) is 3.79. The van der Waals surface area contributed by atoms with Gasteiger partial charge in [0.25, 0.3) is 0 Å². The number of halogens is 4. The molecule has 0 bridgehead atoms. The molecule has 0 unspecified atom stereocenters. The van der Waals surface area contributed by atoms with Crippen molar-refractivity contribution in [3.05, 3.63) is 58.7 Å². The molecule has 0 heterocycles. The minimum atomic E-state index is -4.45. The molecule has 0 N–H and O–H groups in total. The molecule has 0 aromatic heterocycles. The van der Waals surface area contributed by atoms with E-state index >= 15 is 0 Å². The highest BCUT2D eigenvalue weighted by Crippen LogP contribution is 2.36. The van der Waals surface area contributed by atoms with E-state index in [1.54, 1.807) is 6.07 Å². The second-order valence-electron chi connectivity index (χ2n) is 4.82. The Labute approximate surface area is 126 Å². The molecule has 0 fully saturated rings. The van der Waals surface area contributed by atoms with Crippen molar-refractivity contribution in [3.8, 4) is 11.5 Å². The van der Waals surface area contributed by atoms with Crippen molar-refractivity contribution >= 4 is 11.6 Å². The number of hydrogen-bond acceptors (Lipinski definition) is 1. The maximum absolute atomic E-state index is 13.0. The van der Waals surface area contributed by atoms with Crippen LogP contribution in [-0.2, 0) is 12.1 Å². The summed E-state index contributed by atoms with van der Waals surface area (Å²) in [6, 6.07) is 9.32. The number of alkyl halides is 4. The monoisotopic (exact) mass is 314 g/mol. The molecule has 1 nitrogen and oxygen atoms in total. The molecule has 21 heavy (non-hydrogen) atoms. The molecule has 112 valence electrons. The van der Waals surface area contributed by atoms with E-state index in [4.69, 9.17) is 16.3 Å². The molecule has 0 saturated carbocycles. The van der Waals surface area contributed by atoms with Crippen molar-refractivity contribution < 1.29 is 17.9 Å². The van der Waals surface area contributed by atoms with Crippen molar-refractivity contribution in [2.45, 2.75) is 25.9 Å². The zero-order valence-electron chi connectivity index (χ0n) is 11.6. The third-order valence-electron chi connectivity index (χ3n) is 3.09. The van der Waals surface area contributed by atoms with Gasteiger partial charge in [-0.1, -0.05) is 23.8 Å². The summed E-state index contributed by atoms with van der Waals surface area (Å²) in [4.78, 5) is 0. The van der Waals surface area contributed by atoms with E-state index in [9.17, 15) is 13.2 Å². The third-order valence-corrected chi connectivity index (χ3v) is 3.38. The average molecular weight is 315 g/mol. The number of benzene rings is 2. The molecule has 0 atom stereocenters. The van der Waals surface area contributed by atoms with Crippen LogP contribution in [0.4, 0.5) is 13.2 Å². The fourth-order valence-corrected chi connectivity index (χ4v) is 2.27. The zero-order valence-corrected chi connectivity index (χ0v) is 12.3. The maximum Gasteiger partial charge on any atom is 0.416 e. The molecule has 0 radical (unpaired) electrons. The van der Waals surface area contributed by atoms with Crippen molar-refractivity contribution in [3.63, 3.8) is 0 Å². The number of ether oxygens (including phenoxy) is 1. The molecule has 2 aromatic carbocycles. The smallest absolute Gasteiger partial charge is 0.416 e. The van der Waals surface area contributed by atoms with Gasteiger partial charge in [-0.3, -0.25) is 0 Å². The van der Waals surface area contributed by atoms with Crippen LogP contribution < -0.4 is 4.74 Å². The van der Waals surface area contributed by atoms with Crippen LogP contribution in [0.15, 0.2) is 36.4 Å². The normalized spacial score (nSPS) is 11.5. The van der Waals surface area contributed by atoms with Gasteiger partial charge < -0.3 is 4.74 Å². The lowest BCUT2D eigenvalue weighted by Crippen LogP contribution is -2.08. The summed E-state index contributed by atoms with van der Waals surface area (Å²) >= 11 is 5.55. The van der Waals surface area contributed by atoms with E-state index in [0.29, 0.717) is 5.75 Å². The first-order chi connectivity index (χ1) is 9.81. The summed E-state index contributed by atoms with van der Waals surface area (Å²) in [5.74, 6) is 0.481. The Kier molecular flexibility index (Phi) is 4.47. The minimum Gasteiger partial charge on any atom is -0.457 e. The van der Waals surface area contributed by atoms with Crippen molar-refractivity contribution in [1.82, 2.24) is 0 Å². The summed E-state index contributed by atoms with van der Waals surface area (Å²) in [7, 11) is 0. The van der Waals surface area contributed by atoms with Crippen LogP contribution in [0.25, 0.3) is 0 Å². The predicted octanol–water partition coefficient (Wildman–Crippen LogP) is 5.85. The van der Waals surface area contributed by atoms with E-state index < -0.39 is 11.7 Å². The van der Waals surface area contributed by atoms with Crippen LogP contribution in [0, 0.1) is 13.8 Å². The Morgan fingerprint density at radius 1 is 1.05 bits per heavy atom. The van der Waals surface area contributed by atoms with E-state index in [1.165, 1.54) is 12.1 Å². The highest BCUT2D eigenvalue weighted by molar-refractivity contribution is 6.17. The summed E-state index contributed by atoms with van der Waals surface area (Å²) in [5, 5.41) is 0. The van der Waals surface area contributed by atoms with Gasteiger partial charge in [0, 0.05) is 5.88 Å². The Balaban J connectivity index is 2.37. The molecular weight excluding hydrogens is 301 g/mol. The lowest BCUT2D eigenvalue weighted by atomic mass is 10.1. The zero-order chi connectivity index (χ0) is 15.6. The van der Waals surface area contributed by atoms with Gasteiger partial charge in [-0.15, -0.1) is 11.6 Å². The predicted molar refractivity (Wildman–Crippen MR) is 77.0 cm³/mol. The van der Waals surface area contributed by atoms with Crippen LogP contribution in [0.1, 0.15) is 22.3 Å². The van der Waals surface area contributed by atoms with E-state index in [-0.39, 0.29) is 17.2 Å². The molecule has 0 saturated heterocycles. The van der Waals surface area contributed by atoms with Crippen molar-refractivity contribution in [2.75, 3.05) is 0 Å².